The number of ether oxygens (including phenoxy) is 3. The minimum absolute atomic E-state index is 0.0110. The van der Waals surface area contributed by atoms with Crippen LogP contribution in [0.5, 0.6) is 17.2 Å². The van der Waals surface area contributed by atoms with Crippen molar-refractivity contribution in [2.45, 2.75) is 37.0 Å². The van der Waals surface area contributed by atoms with E-state index in [-0.39, 0.29) is 18.2 Å². The minimum atomic E-state index is -0.623. The second-order valence-corrected chi connectivity index (χ2v) is 12.0. The van der Waals surface area contributed by atoms with E-state index in [1.807, 2.05) is 79.7 Å². The van der Waals surface area contributed by atoms with Crippen molar-refractivity contribution in [3.63, 3.8) is 0 Å². The highest BCUT2D eigenvalue weighted by atomic mass is 32.2. The summed E-state index contributed by atoms with van der Waals surface area (Å²) in [7, 11) is 1.59. The van der Waals surface area contributed by atoms with Crippen molar-refractivity contribution in [1.29, 1.82) is 0 Å². The number of hydrogen-bond donors (Lipinski definition) is 2. The predicted molar refractivity (Wildman–Crippen MR) is 179 cm³/mol. The average Bonchev–Trinajstić information content (AvgIpc) is 3.39. The van der Waals surface area contributed by atoms with Gasteiger partial charge in [0, 0.05) is 24.2 Å². The third-order valence-electron chi connectivity index (χ3n) is 7.50. The molecule has 0 spiro atoms. The van der Waals surface area contributed by atoms with Crippen molar-refractivity contribution in [3.05, 3.63) is 119 Å². The van der Waals surface area contributed by atoms with Gasteiger partial charge in [-0.2, -0.15) is 0 Å². The zero-order valence-electron chi connectivity index (χ0n) is 25.8. The number of primary amides is 1. The maximum Gasteiger partial charge on any atom is 0.248 e. The lowest BCUT2D eigenvalue weighted by Gasteiger charge is -2.25. The van der Waals surface area contributed by atoms with Crippen molar-refractivity contribution >= 4 is 35.2 Å². The van der Waals surface area contributed by atoms with Crippen LogP contribution in [0.1, 0.15) is 45.8 Å². The molecule has 1 fully saturated rings. The Morgan fingerprint density at radius 3 is 2.39 bits per heavy atom. The first-order valence-corrected chi connectivity index (χ1v) is 16.0. The number of carbonyl (C=O) groups excluding carboxylic acids is 3. The van der Waals surface area contributed by atoms with E-state index in [4.69, 9.17) is 19.9 Å². The first kappa shape index (κ1) is 32.4. The van der Waals surface area contributed by atoms with Crippen LogP contribution in [-0.4, -0.2) is 43.2 Å². The molecule has 0 bridgehead atoms. The smallest absolute Gasteiger partial charge is 0.248 e. The molecular weight excluding hydrogens is 602 g/mol. The van der Waals surface area contributed by atoms with Gasteiger partial charge in [-0.1, -0.05) is 54.6 Å². The number of amides is 3. The monoisotopic (exact) mass is 639 g/mol. The lowest BCUT2D eigenvalue weighted by Crippen LogP contribution is -2.34. The van der Waals surface area contributed by atoms with Gasteiger partial charge >= 0.3 is 0 Å². The van der Waals surface area contributed by atoms with Gasteiger partial charge in [0.25, 0.3) is 0 Å². The van der Waals surface area contributed by atoms with Crippen LogP contribution in [0.2, 0.25) is 0 Å². The number of anilines is 1. The summed E-state index contributed by atoms with van der Waals surface area (Å²) in [5, 5.41) is 1.91. The van der Waals surface area contributed by atoms with Crippen LogP contribution in [0, 0.1) is 0 Å². The normalized spacial score (nSPS) is 15.8. The Hall–Kier alpha value is -4.96. The molecular formula is C36H37N3O6S. The molecule has 238 valence electrons. The van der Waals surface area contributed by atoms with Gasteiger partial charge in [-0.05, 0) is 72.5 Å². The molecule has 1 heterocycles. The number of thioether (sulfide) groups is 1. The van der Waals surface area contributed by atoms with Gasteiger partial charge in [0.1, 0.15) is 17.7 Å². The second-order valence-electron chi connectivity index (χ2n) is 10.7. The third-order valence-corrected chi connectivity index (χ3v) is 8.94. The van der Waals surface area contributed by atoms with Gasteiger partial charge in [0.2, 0.25) is 17.7 Å². The van der Waals surface area contributed by atoms with Crippen LogP contribution in [0.15, 0.2) is 97.1 Å². The number of rotatable bonds is 14. The molecule has 0 saturated carbocycles. The number of nitrogens with one attached hydrogen (secondary N) is 1. The SMILES string of the molecule is CCOc1cc(CCNC(=O)CC2SC(c3ccc(OCc4ccccc4)cc3)N(c3cccc(C(N)=O)c3)C2=O)ccc1OC. The lowest BCUT2D eigenvalue weighted by atomic mass is 10.1. The molecule has 3 N–H and O–H groups in total. The molecule has 4 aromatic rings. The topological polar surface area (TPSA) is 120 Å². The molecule has 46 heavy (non-hydrogen) atoms. The van der Waals surface area contributed by atoms with E-state index in [0.717, 1.165) is 16.7 Å². The van der Waals surface area contributed by atoms with E-state index < -0.39 is 16.5 Å². The van der Waals surface area contributed by atoms with Gasteiger partial charge in [-0.3, -0.25) is 19.3 Å². The van der Waals surface area contributed by atoms with Crippen molar-refractivity contribution in [2.24, 2.45) is 5.73 Å². The molecule has 4 aromatic carbocycles. The molecule has 5 rings (SSSR count). The highest BCUT2D eigenvalue weighted by Crippen LogP contribution is 2.47. The quantitative estimate of drug-likeness (QED) is 0.183. The first-order valence-electron chi connectivity index (χ1n) is 15.1. The zero-order valence-corrected chi connectivity index (χ0v) is 26.6. The summed E-state index contributed by atoms with van der Waals surface area (Å²) < 4.78 is 17.0. The summed E-state index contributed by atoms with van der Waals surface area (Å²) in [6, 6.07) is 29.9. The molecule has 2 atom stereocenters. The van der Waals surface area contributed by atoms with Crippen LogP contribution in [-0.2, 0) is 22.6 Å². The average molecular weight is 640 g/mol. The van der Waals surface area contributed by atoms with E-state index in [1.165, 1.54) is 11.8 Å². The van der Waals surface area contributed by atoms with E-state index in [1.54, 1.807) is 36.3 Å². The van der Waals surface area contributed by atoms with E-state index in [2.05, 4.69) is 5.32 Å². The molecule has 1 saturated heterocycles. The second kappa shape index (κ2) is 15.4. The Kier molecular flexibility index (Phi) is 10.8. The Balaban J connectivity index is 1.27. The standard InChI is InChI=1S/C36H37N3O6S/c1-3-44-31-20-24(12-17-30(31)43-2)18-19-38-33(40)22-32-35(42)39(28-11-7-10-27(21-28)34(37)41)36(46-32)26-13-15-29(16-14-26)45-23-25-8-5-4-6-9-25/h4-17,20-21,32,36H,3,18-19,22-23H2,1-2H3,(H2,37,41)(H,38,40). The Morgan fingerprint density at radius 2 is 1.67 bits per heavy atom. The fourth-order valence-electron chi connectivity index (χ4n) is 5.18. The molecule has 0 aliphatic carbocycles. The van der Waals surface area contributed by atoms with Crippen LogP contribution in [0.25, 0.3) is 0 Å². The fraction of sp³-hybridized carbons (Fsp3) is 0.250. The molecule has 2 unspecified atom stereocenters. The summed E-state index contributed by atoms with van der Waals surface area (Å²) >= 11 is 1.40. The van der Waals surface area contributed by atoms with Crippen molar-refractivity contribution in [2.75, 3.05) is 25.2 Å². The zero-order chi connectivity index (χ0) is 32.5. The van der Waals surface area contributed by atoms with E-state index >= 15 is 0 Å². The third kappa shape index (κ3) is 8.00. The largest absolute Gasteiger partial charge is 0.493 e. The molecule has 9 nitrogen and oxygen atoms in total. The number of benzene rings is 4. The summed E-state index contributed by atoms with van der Waals surface area (Å²) in [5.74, 6) is 0.989. The predicted octanol–water partition coefficient (Wildman–Crippen LogP) is 5.67. The van der Waals surface area contributed by atoms with Crippen molar-refractivity contribution < 1.29 is 28.6 Å². The Bertz CT molecular complexity index is 1660. The fourth-order valence-corrected chi connectivity index (χ4v) is 6.63. The number of nitrogens with two attached hydrogens (primary N) is 1. The summed E-state index contributed by atoms with van der Waals surface area (Å²) in [6.45, 7) is 3.26. The van der Waals surface area contributed by atoms with E-state index in [9.17, 15) is 14.4 Å². The van der Waals surface area contributed by atoms with Gasteiger partial charge in [-0.25, -0.2) is 0 Å². The maximum absolute atomic E-state index is 13.8. The molecule has 10 heteroatoms. The Morgan fingerprint density at radius 1 is 0.891 bits per heavy atom. The molecule has 1 aliphatic heterocycles. The van der Waals surface area contributed by atoms with Crippen LogP contribution >= 0.6 is 11.8 Å². The highest BCUT2D eigenvalue weighted by Gasteiger charge is 2.43. The maximum atomic E-state index is 13.8. The van der Waals surface area contributed by atoms with Gasteiger partial charge in [-0.15, -0.1) is 11.8 Å². The molecule has 0 aromatic heterocycles. The van der Waals surface area contributed by atoms with Gasteiger partial charge in [0.05, 0.1) is 19.0 Å². The first-order chi connectivity index (χ1) is 22.4. The summed E-state index contributed by atoms with van der Waals surface area (Å²) in [4.78, 5) is 40.5. The van der Waals surface area contributed by atoms with Crippen molar-refractivity contribution in [1.82, 2.24) is 5.32 Å². The summed E-state index contributed by atoms with van der Waals surface area (Å²) in [5.41, 5.74) is 9.29. The van der Waals surface area contributed by atoms with Crippen molar-refractivity contribution in [3.8, 4) is 17.2 Å². The number of nitrogens with zero attached hydrogens (tertiary/aromatic N) is 1. The van der Waals surface area contributed by atoms with Gasteiger partial charge < -0.3 is 25.3 Å². The van der Waals surface area contributed by atoms with Crippen LogP contribution in [0.3, 0.4) is 0 Å². The Labute approximate surface area is 273 Å². The minimum Gasteiger partial charge on any atom is -0.493 e. The number of carbonyl (C=O) groups is 3. The number of hydrogen-bond acceptors (Lipinski definition) is 7. The van der Waals surface area contributed by atoms with Crippen LogP contribution in [0.4, 0.5) is 5.69 Å². The molecule has 0 radical (unpaired) electrons. The van der Waals surface area contributed by atoms with Crippen LogP contribution < -0.4 is 30.2 Å². The lowest BCUT2D eigenvalue weighted by molar-refractivity contribution is -0.124. The van der Waals surface area contributed by atoms with Gasteiger partial charge in [0.15, 0.2) is 11.5 Å². The highest BCUT2D eigenvalue weighted by molar-refractivity contribution is 8.01. The molecule has 3 amide bonds. The number of methoxy groups -OCH3 is 1. The molecule has 1 aliphatic rings. The summed E-state index contributed by atoms with van der Waals surface area (Å²) in [6.07, 6.45) is 0.603. The van der Waals surface area contributed by atoms with E-state index in [0.29, 0.717) is 54.7 Å².